The number of halogens is 2. The number of carboxylic acids is 1. The number of ether oxygens (including phenoxy) is 2. The molecule has 3 heterocycles. The van der Waals surface area contributed by atoms with Crippen LogP contribution >= 0.6 is 46.3 Å². The molecule has 2 saturated carbocycles. The number of likely N-dealkylation sites (tertiary alicyclic amines) is 1. The lowest BCUT2D eigenvalue weighted by Crippen LogP contribution is -2.42. The third kappa shape index (κ3) is 4.67. The van der Waals surface area contributed by atoms with Crippen molar-refractivity contribution in [1.82, 2.24) is 9.88 Å². The van der Waals surface area contributed by atoms with Crippen molar-refractivity contribution in [3.05, 3.63) is 72.1 Å². The summed E-state index contributed by atoms with van der Waals surface area (Å²) in [5.74, 6) is -1.72. The van der Waals surface area contributed by atoms with E-state index in [4.69, 9.17) is 37.8 Å². The summed E-state index contributed by atoms with van der Waals surface area (Å²) in [6.45, 7) is 0.104. The fourth-order valence-electron chi connectivity index (χ4n) is 7.67. The molecule has 0 spiro atoms. The maximum atomic E-state index is 13.5. The van der Waals surface area contributed by atoms with Gasteiger partial charge in [0.2, 0.25) is 11.8 Å². The quantitative estimate of drug-likeness (QED) is 0.313. The largest absolute Gasteiger partial charge is 0.493 e. The molecule has 1 saturated heterocycles. The third-order valence-electron chi connectivity index (χ3n) is 9.31. The van der Waals surface area contributed by atoms with E-state index < -0.39 is 17.8 Å². The molecule has 1 aromatic heterocycles. The maximum Gasteiger partial charge on any atom is 0.305 e. The molecule has 0 radical (unpaired) electrons. The molecule has 224 valence electrons. The van der Waals surface area contributed by atoms with Crippen LogP contribution in [0.2, 0.25) is 10.0 Å². The molecule has 13 heteroatoms. The first-order valence-corrected chi connectivity index (χ1v) is 16.3. The van der Waals surface area contributed by atoms with Gasteiger partial charge in [-0.1, -0.05) is 46.7 Å². The van der Waals surface area contributed by atoms with Crippen LogP contribution in [0.5, 0.6) is 11.5 Å². The van der Waals surface area contributed by atoms with Crippen molar-refractivity contribution in [3.8, 4) is 11.5 Å². The number of hydrogen-bond donors (Lipinski definition) is 2. The second kappa shape index (κ2) is 10.9. The zero-order chi connectivity index (χ0) is 30.2. The summed E-state index contributed by atoms with van der Waals surface area (Å²) in [5, 5.41) is 11.0. The van der Waals surface area contributed by atoms with Crippen LogP contribution in [0.15, 0.2) is 46.2 Å². The average Bonchev–Trinajstić information content (AvgIpc) is 3.70. The molecule has 2 aliphatic carbocycles. The van der Waals surface area contributed by atoms with Crippen LogP contribution in [-0.2, 0) is 21.0 Å². The SMILES string of the molecule is COc1cc([C@H]2c3sc(=O)[nH]c3SC3C4CC(C5C(=O)N(CCC(=O)O)C(=O)C45)C32)ccc1OCc1ccc(Cl)cc1Cl. The van der Waals surface area contributed by atoms with E-state index in [-0.39, 0.29) is 65.2 Å². The Bertz CT molecular complexity index is 1720. The van der Waals surface area contributed by atoms with Crippen LogP contribution in [0.3, 0.4) is 0 Å². The number of nitrogens with zero attached hydrogens (tertiary/aromatic N) is 1. The lowest BCUT2D eigenvalue weighted by molar-refractivity contribution is -0.142. The van der Waals surface area contributed by atoms with Crippen LogP contribution in [0, 0.1) is 29.6 Å². The maximum absolute atomic E-state index is 13.5. The first kappa shape index (κ1) is 28.8. The number of imide groups is 1. The summed E-state index contributed by atoms with van der Waals surface area (Å²) in [5.41, 5.74) is 1.71. The first-order chi connectivity index (χ1) is 20.7. The Morgan fingerprint density at radius 1 is 1.07 bits per heavy atom. The molecular formula is C30H26Cl2N2O7S2. The van der Waals surface area contributed by atoms with Gasteiger partial charge in [-0.2, -0.15) is 0 Å². The molecule has 2 amide bonds. The summed E-state index contributed by atoms with van der Waals surface area (Å²) in [6.07, 6.45) is 0.477. The molecule has 3 fully saturated rings. The average molecular weight is 662 g/mol. The van der Waals surface area contributed by atoms with Gasteiger partial charge in [-0.3, -0.25) is 24.1 Å². The Morgan fingerprint density at radius 3 is 2.56 bits per heavy atom. The molecule has 2 aromatic carbocycles. The van der Waals surface area contributed by atoms with Crippen molar-refractivity contribution in [1.29, 1.82) is 0 Å². The van der Waals surface area contributed by atoms with Crippen LogP contribution in [0.1, 0.15) is 34.8 Å². The lowest BCUT2D eigenvalue weighted by Gasteiger charge is -2.43. The van der Waals surface area contributed by atoms with Crippen molar-refractivity contribution in [3.63, 3.8) is 0 Å². The van der Waals surface area contributed by atoms with Gasteiger partial charge in [0, 0.05) is 38.2 Å². The van der Waals surface area contributed by atoms with Gasteiger partial charge in [-0.25, -0.2) is 0 Å². The molecule has 4 aliphatic rings. The van der Waals surface area contributed by atoms with Gasteiger partial charge in [-0.05, 0) is 54.0 Å². The van der Waals surface area contributed by atoms with Gasteiger partial charge in [0.25, 0.3) is 0 Å². The number of carbonyl (C=O) groups is 3. The Kier molecular flexibility index (Phi) is 7.27. The third-order valence-corrected chi connectivity index (χ3v) is 12.5. The highest BCUT2D eigenvalue weighted by atomic mass is 35.5. The van der Waals surface area contributed by atoms with Crippen molar-refractivity contribution in [2.45, 2.75) is 35.6 Å². The molecular weight excluding hydrogens is 635 g/mol. The Labute approximate surface area is 264 Å². The molecule has 7 atom stereocenters. The minimum absolute atomic E-state index is 0.00993. The normalized spacial score (nSPS) is 28.5. The molecule has 6 unspecified atom stereocenters. The fourth-order valence-corrected chi connectivity index (χ4v) is 11.0. The Morgan fingerprint density at radius 2 is 1.84 bits per heavy atom. The van der Waals surface area contributed by atoms with E-state index in [1.54, 1.807) is 37.1 Å². The number of methoxy groups -OCH3 is 1. The molecule has 3 aromatic rings. The van der Waals surface area contributed by atoms with Crippen molar-refractivity contribution in [2.24, 2.45) is 29.6 Å². The zero-order valence-electron chi connectivity index (χ0n) is 22.8. The summed E-state index contributed by atoms with van der Waals surface area (Å²) in [6, 6.07) is 11.0. The van der Waals surface area contributed by atoms with Crippen LogP contribution < -0.4 is 14.3 Å². The minimum atomic E-state index is -1.05. The molecule has 43 heavy (non-hydrogen) atoms. The second-order valence-electron chi connectivity index (χ2n) is 11.4. The predicted octanol–water partition coefficient (Wildman–Crippen LogP) is 5.28. The lowest BCUT2D eigenvalue weighted by atomic mass is 9.68. The van der Waals surface area contributed by atoms with Crippen molar-refractivity contribution in [2.75, 3.05) is 13.7 Å². The molecule has 9 nitrogen and oxygen atoms in total. The van der Waals surface area contributed by atoms with Crippen molar-refractivity contribution >= 4 is 64.1 Å². The van der Waals surface area contributed by atoms with Gasteiger partial charge in [0.15, 0.2) is 11.5 Å². The number of carboxylic acid groups (broad SMARTS) is 1. The number of thiazole rings is 1. The molecule has 7 rings (SSSR count). The highest BCUT2D eigenvalue weighted by Crippen LogP contribution is 2.68. The number of aliphatic carboxylic acids is 1. The van der Waals surface area contributed by atoms with Crippen LogP contribution in [0.25, 0.3) is 0 Å². The molecule has 2 aliphatic heterocycles. The van der Waals surface area contributed by atoms with E-state index in [9.17, 15) is 19.2 Å². The van der Waals surface area contributed by atoms with Crippen molar-refractivity contribution < 1.29 is 29.0 Å². The Hall–Kier alpha value is -2.99. The van der Waals surface area contributed by atoms with E-state index in [0.29, 0.717) is 21.5 Å². The van der Waals surface area contributed by atoms with Gasteiger partial charge in [0.05, 0.1) is 30.4 Å². The van der Waals surface area contributed by atoms with E-state index in [0.717, 1.165) is 27.5 Å². The number of aromatic amines is 1. The highest BCUT2D eigenvalue weighted by Gasteiger charge is 2.69. The van der Waals surface area contributed by atoms with Gasteiger partial charge < -0.3 is 19.6 Å². The smallest absolute Gasteiger partial charge is 0.305 e. The number of amides is 2. The number of benzene rings is 2. The highest BCUT2D eigenvalue weighted by molar-refractivity contribution is 8.00. The molecule has 2 bridgehead atoms. The topological polar surface area (TPSA) is 126 Å². The summed E-state index contributed by atoms with van der Waals surface area (Å²) in [7, 11) is 1.57. The van der Waals surface area contributed by atoms with Crippen LogP contribution in [0.4, 0.5) is 0 Å². The number of thioether (sulfide) groups is 1. The summed E-state index contributed by atoms with van der Waals surface area (Å²) in [4.78, 5) is 55.6. The number of aromatic nitrogens is 1. The monoisotopic (exact) mass is 660 g/mol. The zero-order valence-corrected chi connectivity index (χ0v) is 25.9. The number of carbonyl (C=O) groups excluding carboxylic acids is 2. The number of fused-ring (bicyclic) bond motifs is 9. The first-order valence-electron chi connectivity index (χ1n) is 13.9. The summed E-state index contributed by atoms with van der Waals surface area (Å²) < 4.78 is 11.8. The minimum Gasteiger partial charge on any atom is -0.493 e. The number of nitrogens with one attached hydrogen (secondary N) is 1. The van der Waals surface area contributed by atoms with Gasteiger partial charge >= 0.3 is 10.8 Å². The Balaban J connectivity index is 1.22. The van der Waals surface area contributed by atoms with Crippen LogP contribution in [-0.4, -0.2) is 51.7 Å². The van der Waals surface area contributed by atoms with E-state index in [2.05, 4.69) is 4.98 Å². The van der Waals surface area contributed by atoms with E-state index in [1.807, 2.05) is 18.2 Å². The fraction of sp³-hybridized carbons (Fsp3) is 0.400. The standard InChI is InChI=1S/C30H26Cl2N2O7S2/c1-40-19-8-12(3-5-18(19)41-11-13-2-4-14(31)9-17(13)32)21-22-15-10-16(25(22)42-27-26(21)43-30(39)33-27)24-23(15)28(37)34(29(24)38)7-6-20(35)36/h2-5,8-9,15-16,21-25H,6-7,10-11H2,1H3,(H,33,39)(H,35,36)/t15?,16?,21-,22?,23?,24?,25?/m1/s1. The number of hydrogen-bond acceptors (Lipinski definition) is 8. The van der Waals surface area contributed by atoms with E-state index >= 15 is 0 Å². The van der Waals surface area contributed by atoms with Gasteiger partial charge in [0.1, 0.15) is 6.61 Å². The molecule has 2 N–H and O–H groups in total. The van der Waals surface area contributed by atoms with Gasteiger partial charge in [-0.15, -0.1) is 11.8 Å². The number of H-pyrrole nitrogens is 1. The predicted molar refractivity (Wildman–Crippen MR) is 161 cm³/mol. The summed E-state index contributed by atoms with van der Waals surface area (Å²) >= 11 is 15.1. The number of rotatable bonds is 8. The van der Waals surface area contributed by atoms with E-state index in [1.165, 1.54) is 16.2 Å². The second-order valence-corrected chi connectivity index (χ2v) is 14.4.